The first-order chi connectivity index (χ1) is 11.6. The van der Waals surface area contributed by atoms with Gasteiger partial charge in [-0.3, -0.25) is 0 Å². The molecule has 7 heteroatoms. The summed E-state index contributed by atoms with van der Waals surface area (Å²) in [5.74, 6) is 0.900. The Morgan fingerprint density at radius 2 is 2.04 bits per heavy atom. The molecule has 1 fully saturated rings. The number of aromatic nitrogens is 2. The summed E-state index contributed by atoms with van der Waals surface area (Å²) in [6.45, 7) is 5.11. The van der Waals surface area contributed by atoms with Crippen LogP contribution in [0.4, 0.5) is 11.5 Å². The molecule has 0 aliphatic carbocycles. The highest BCUT2D eigenvalue weighted by molar-refractivity contribution is 7.23. The van der Waals surface area contributed by atoms with Crippen LogP contribution in [0.25, 0.3) is 20.7 Å². The number of fused-ring (bicyclic) bond motifs is 1. The molecule has 1 aliphatic rings. The lowest BCUT2D eigenvalue weighted by molar-refractivity contribution is 0.122. The number of ether oxygens (including phenoxy) is 1. The minimum Gasteiger partial charge on any atom is -0.399 e. The topological polar surface area (TPSA) is 64.3 Å². The van der Waals surface area contributed by atoms with Gasteiger partial charge in [-0.15, -0.1) is 11.3 Å². The zero-order chi connectivity index (χ0) is 16.7. The maximum absolute atomic E-state index is 6.20. The van der Waals surface area contributed by atoms with E-state index < -0.39 is 0 Å². The minimum atomic E-state index is 0.281. The first kappa shape index (κ1) is 15.6. The molecule has 0 bridgehead atoms. The van der Waals surface area contributed by atoms with Gasteiger partial charge in [-0.05, 0) is 41.8 Å². The van der Waals surface area contributed by atoms with E-state index in [0.717, 1.165) is 50.8 Å². The summed E-state index contributed by atoms with van der Waals surface area (Å²) in [4.78, 5) is 12.4. The molecular formula is C17H17ClN4OS. The summed E-state index contributed by atoms with van der Waals surface area (Å²) >= 11 is 7.89. The average molecular weight is 361 g/mol. The van der Waals surface area contributed by atoms with Gasteiger partial charge >= 0.3 is 0 Å². The van der Waals surface area contributed by atoms with Crippen LogP contribution >= 0.6 is 22.9 Å². The molecule has 0 unspecified atom stereocenters. The smallest absolute Gasteiger partial charge is 0.224 e. The molecule has 124 valence electrons. The predicted molar refractivity (Wildman–Crippen MR) is 100 cm³/mol. The summed E-state index contributed by atoms with van der Waals surface area (Å²) in [6.07, 6.45) is 0. The number of morpholine rings is 1. The maximum Gasteiger partial charge on any atom is 0.224 e. The van der Waals surface area contributed by atoms with E-state index in [2.05, 4.69) is 27.9 Å². The van der Waals surface area contributed by atoms with Crippen LogP contribution in [-0.2, 0) is 4.74 Å². The van der Waals surface area contributed by atoms with Gasteiger partial charge in [-0.2, -0.15) is 4.98 Å². The first-order valence-electron chi connectivity index (χ1n) is 7.79. The number of thiophene rings is 1. The van der Waals surface area contributed by atoms with Gasteiger partial charge in [0.15, 0.2) is 5.82 Å². The van der Waals surface area contributed by atoms with Gasteiger partial charge in [0.2, 0.25) is 5.28 Å². The van der Waals surface area contributed by atoms with Crippen LogP contribution in [0.5, 0.6) is 0 Å². The van der Waals surface area contributed by atoms with Crippen LogP contribution in [0.1, 0.15) is 5.56 Å². The minimum absolute atomic E-state index is 0.281. The van der Waals surface area contributed by atoms with Crippen LogP contribution < -0.4 is 10.6 Å². The molecule has 1 saturated heterocycles. The van der Waals surface area contributed by atoms with E-state index in [-0.39, 0.29) is 5.28 Å². The Bertz CT molecular complexity index is 905. The van der Waals surface area contributed by atoms with Crippen molar-refractivity contribution < 1.29 is 4.74 Å². The average Bonchev–Trinajstić information content (AvgIpc) is 2.92. The normalized spacial score (nSPS) is 15.2. The fourth-order valence-electron chi connectivity index (χ4n) is 2.99. The highest BCUT2D eigenvalue weighted by Crippen LogP contribution is 2.41. The maximum atomic E-state index is 6.20. The standard InChI is InChI=1S/C17H17ClN4OS/c1-10-13-15(24-14(10)11-3-2-4-12(19)9-11)16(21-17(18)20-13)22-5-7-23-8-6-22/h2-4,9H,5-8,19H2,1H3. The number of benzene rings is 1. The van der Waals surface area contributed by atoms with Gasteiger partial charge < -0.3 is 15.4 Å². The third-order valence-corrected chi connectivity index (χ3v) is 5.67. The molecule has 2 aromatic heterocycles. The van der Waals surface area contributed by atoms with E-state index in [9.17, 15) is 0 Å². The lowest BCUT2D eigenvalue weighted by Gasteiger charge is -2.28. The van der Waals surface area contributed by atoms with Crippen molar-refractivity contribution in [1.29, 1.82) is 0 Å². The molecule has 1 aromatic carbocycles. The van der Waals surface area contributed by atoms with Gasteiger partial charge in [0.25, 0.3) is 0 Å². The molecule has 0 radical (unpaired) electrons. The molecule has 3 heterocycles. The van der Waals surface area contributed by atoms with Crippen molar-refractivity contribution >= 4 is 44.7 Å². The summed E-state index contributed by atoms with van der Waals surface area (Å²) < 4.78 is 6.51. The predicted octanol–water partition coefficient (Wildman–Crippen LogP) is 3.74. The van der Waals surface area contributed by atoms with E-state index >= 15 is 0 Å². The van der Waals surface area contributed by atoms with Crippen LogP contribution in [0.15, 0.2) is 24.3 Å². The monoisotopic (exact) mass is 360 g/mol. The van der Waals surface area contributed by atoms with Crippen LogP contribution in [0, 0.1) is 6.92 Å². The quantitative estimate of drug-likeness (QED) is 0.557. The SMILES string of the molecule is Cc1c(-c2cccc(N)c2)sc2c(N3CCOCC3)nc(Cl)nc12. The molecule has 0 amide bonds. The Hall–Kier alpha value is -1.89. The second-order valence-corrected chi connectivity index (χ2v) is 7.13. The molecule has 4 rings (SSSR count). The van der Waals surface area contributed by atoms with Gasteiger partial charge in [0.05, 0.1) is 23.4 Å². The fourth-order valence-corrected chi connectivity index (χ4v) is 4.42. The Labute approximate surface area is 149 Å². The van der Waals surface area contributed by atoms with Crippen molar-refractivity contribution in [2.24, 2.45) is 0 Å². The van der Waals surface area contributed by atoms with Gasteiger partial charge in [-0.25, -0.2) is 4.98 Å². The summed E-state index contributed by atoms with van der Waals surface area (Å²) in [6, 6.07) is 7.91. The van der Waals surface area contributed by atoms with Crippen molar-refractivity contribution in [3.8, 4) is 10.4 Å². The van der Waals surface area contributed by atoms with E-state index in [1.54, 1.807) is 11.3 Å². The van der Waals surface area contributed by atoms with E-state index in [1.807, 2.05) is 18.2 Å². The third kappa shape index (κ3) is 2.70. The number of halogens is 1. The molecule has 0 saturated carbocycles. The number of hydrogen-bond acceptors (Lipinski definition) is 6. The lowest BCUT2D eigenvalue weighted by Crippen LogP contribution is -2.36. The molecule has 5 nitrogen and oxygen atoms in total. The number of anilines is 2. The van der Waals surface area contributed by atoms with Crippen LogP contribution in [-0.4, -0.2) is 36.3 Å². The molecule has 3 aromatic rings. The van der Waals surface area contributed by atoms with Crippen molar-refractivity contribution in [2.45, 2.75) is 6.92 Å². The Morgan fingerprint density at radius 3 is 2.79 bits per heavy atom. The van der Waals surface area contributed by atoms with Crippen molar-refractivity contribution in [2.75, 3.05) is 36.9 Å². The van der Waals surface area contributed by atoms with Crippen LogP contribution in [0.3, 0.4) is 0 Å². The van der Waals surface area contributed by atoms with Crippen molar-refractivity contribution in [3.63, 3.8) is 0 Å². The summed E-state index contributed by atoms with van der Waals surface area (Å²) in [7, 11) is 0. The molecule has 0 spiro atoms. The Kier molecular flexibility index (Phi) is 4.04. The van der Waals surface area contributed by atoms with E-state index in [4.69, 9.17) is 22.1 Å². The largest absolute Gasteiger partial charge is 0.399 e. The summed E-state index contributed by atoms with van der Waals surface area (Å²) in [5.41, 5.74) is 9.82. The number of aryl methyl sites for hydroxylation is 1. The Morgan fingerprint density at radius 1 is 1.25 bits per heavy atom. The zero-order valence-electron chi connectivity index (χ0n) is 13.3. The number of rotatable bonds is 2. The second-order valence-electron chi connectivity index (χ2n) is 5.78. The first-order valence-corrected chi connectivity index (χ1v) is 8.98. The number of nitrogens with two attached hydrogens (primary N) is 1. The number of nitrogens with zero attached hydrogens (tertiary/aromatic N) is 3. The molecular weight excluding hydrogens is 344 g/mol. The van der Waals surface area contributed by atoms with Crippen molar-refractivity contribution in [1.82, 2.24) is 9.97 Å². The number of nitrogen functional groups attached to an aromatic ring is 1. The fraction of sp³-hybridized carbons (Fsp3) is 0.294. The number of hydrogen-bond donors (Lipinski definition) is 1. The molecule has 1 aliphatic heterocycles. The highest BCUT2D eigenvalue weighted by atomic mass is 35.5. The van der Waals surface area contributed by atoms with E-state index in [1.165, 1.54) is 0 Å². The second kappa shape index (κ2) is 6.20. The molecule has 2 N–H and O–H groups in total. The Balaban J connectivity index is 1.91. The third-order valence-electron chi connectivity index (χ3n) is 4.18. The zero-order valence-corrected chi connectivity index (χ0v) is 14.8. The van der Waals surface area contributed by atoms with Gasteiger partial charge in [0, 0.05) is 23.7 Å². The lowest BCUT2D eigenvalue weighted by atomic mass is 10.1. The van der Waals surface area contributed by atoms with Crippen molar-refractivity contribution in [3.05, 3.63) is 35.1 Å². The molecule has 24 heavy (non-hydrogen) atoms. The highest BCUT2D eigenvalue weighted by Gasteiger charge is 2.21. The summed E-state index contributed by atoms with van der Waals surface area (Å²) in [5, 5.41) is 0.281. The van der Waals surface area contributed by atoms with Gasteiger partial charge in [0.1, 0.15) is 0 Å². The van der Waals surface area contributed by atoms with Gasteiger partial charge in [-0.1, -0.05) is 12.1 Å². The van der Waals surface area contributed by atoms with E-state index in [0.29, 0.717) is 13.2 Å². The van der Waals surface area contributed by atoms with Crippen LogP contribution in [0.2, 0.25) is 5.28 Å². The molecule has 0 atom stereocenters.